The summed E-state index contributed by atoms with van der Waals surface area (Å²) in [4.78, 5) is 17.7. The molecule has 150 valence electrons. The smallest absolute Gasteiger partial charge is 0.227 e. The first-order valence-corrected chi connectivity index (χ1v) is 10.7. The molecule has 1 unspecified atom stereocenters. The second kappa shape index (κ2) is 10.4. The minimum absolute atomic E-state index is 0.221. The molecular weight excluding hydrogens is 344 g/mol. The molecule has 0 aromatic heterocycles. The molecule has 0 radical (unpaired) electrons. The van der Waals surface area contributed by atoms with Crippen molar-refractivity contribution >= 4 is 5.91 Å². The first kappa shape index (κ1) is 20.6. The normalized spacial score (nSPS) is 17.4. The van der Waals surface area contributed by atoms with E-state index < -0.39 is 0 Å². The molecule has 0 saturated carbocycles. The lowest BCUT2D eigenvalue weighted by molar-refractivity contribution is -0.131. The number of amides is 1. The summed E-state index contributed by atoms with van der Waals surface area (Å²) >= 11 is 0. The van der Waals surface area contributed by atoms with Crippen LogP contribution in [0.3, 0.4) is 0 Å². The third kappa shape index (κ3) is 6.20. The molecule has 28 heavy (non-hydrogen) atoms. The molecule has 0 spiro atoms. The minimum atomic E-state index is 0.221. The second-order valence-corrected chi connectivity index (χ2v) is 8.20. The zero-order valence-electron chi connectivity index (χ0n) is 17.4. The van der Waals surface area contributed by atoms with Gasteiger partial charge in [0.05, 0.1) is 6.42 Å². The lowest BCUT2D eigenvalue weighted by Gasteiger charge is -2.34. The Kier molecular flexibility index (Phi) is 7.67. The maximum absolute atomic E-state index is 13.0. The van der Waals surface area contributed by atoms with E-state index in [2.05, 4.69) is 43.0 Å². The van der Waals surface area contributed by atoms with Crippen molar-refractivity contribution in [1.82, 2.24) is 9.80 Å². The van der Waals surface area contributed by atoms with Gasteiger partial charge >= 0.3 is 0 Å². The van der Waals surface area contributed by atoms with Crippen molar-refractivity contribution in [2.45, 2.75) is 58.5 Å². The number of hydrogen-bond donors (Lipinski definition) is 0. The number of piperidine rings is 1. The van der Waals surface area contributed by atoms with Gasteiger partial charge in [0, 0.05) is 25.7 Å². The van der Waals surface area contributed by atoms with Crippen LogP contribution in [0.2, 0.25) is 0 Å². The van der Waals surface area contributed by atoms with E-state index in [1.54, 1.807) is 0 Å². The highest BCUT2D eigenvalue weighted by Gasteiger charge is 2.19. The van der Waals surface area contributed by atoms with Crippen LogP contribution in [0.5, 0.6) is 0 Å². The second-order valence-electron chi connectivity index (χ2n) is 8.20. The van der Waals surface area contributed by atoms with Crippen LogP contribution in [0, 0.1) is 6.92 Å². The number of nitrogens with zero attached hydrogens (tertiary/aromatic N) is 2. The Labute approximate surface area is 170 Å². The largest absolute Gasteiger partial charge is 0.338 e. The van der Waals surface area contributed by atoms with Crippen LogP contribution in [0.4, 0.5) is 0 Å². The van der Waals surface area contributed by atoms with Crippen molar-refractivity contribution in [2.24, 2.45) is 0 Å². The molecular formula is C25H34N2O. The first-order chi connectivity index (χ1) is 13.6. The maximum Gasteiger partial charge on any atom is 0.227 e. The van der Waals surface area contributed by atoms with E-state index in [0.29, 0.717) is 19.0 Å². The van der Waals surface area contributed by atoms with E-state index in [9.17, 15) is 4.79 Å². The minimum Gasteiger partial charge on any atom is -0.338 e. The number of carbonyl (C=O) groups is 1. The van der Waals surface area contributed by atoms with Gasteiger partial charge in [-0.05, 0) is 50.8 Å². The molecule has 0 N–H and O–H groups in total. The van der Waals surface area contributed by atoms with Crippen LogP contribution >= 0.6 is 0 Å². The van der Waals surface area contributed by atoms with Crippen LogP contribution in [-0.4, -0.2) is 41.4 Å². The quantitative estimate of drug-likeness (QED) is 0.657. The van der Waals surface area contributed by atoms with Gasteiger partial charge in [0.2, 0.25) is 5.91 Å². The van der Waals surface area contributed by atoms with Gasteiger partial charge in [-0.15, -0.1) is 0 Å². The van der Waals surface area contributed by atoms with E-state index in [1.807, 2.05) is 35.2 Å². The van der Waals surface area contributed by atoms with Gasteiger partial charge in [0.1, 0.15) is 0 Å². The Morgan fingerprint density at radius 2 is 1.79 bits per heavy atom. The Balaban J connectivity index is 1.61. The SMILES string of the molecule is Cc1ccc(CN(CCCN2CCCCC2C)C(=O)Cc2ccccc2)cc1. The summed E-state index contributed by atoms with van der Waals surface area (Å²) in [5.41, 5.74) is 3.55. The van der Waals surface area contributed by atoms with Crippen LogP contribution in [-0.2, 0) is 17.8 Å². The molecule has 1 heterocycles. The highest BCUT2D eigenvalue weighted by molar-refractivity contribution is 5.78. The fourth-order valence-corrected chi connectivity index (χ4v) is 4.04. The molecule has 1 amide bonds. The van der Waals surface area contributed by atoms with Gasteiger partial charge in [-0.25, -0.2) is 0 Å². The highest BCUT2D eigenvalue weighted by atomic mass is 16.2. The average molecular weight is 379 g/mol. The van der Waals surface area contributed by atoms with Crippen LogP contribution in [0.25, 0.3) is 0 Å². The predicted molar refractivity (Wildman–Crippen MR) is 116 cm³/mol. The number of likely N-dealkylation sites (tertiary alicyclic amines) is 1. The Bertz CT molecular complexity index is 726. The number of rotatable bonds is 8. The topological polar surface area (TPSA) is 23.6 Å². The fraction of sp³-hybridized carbons (Fsp3) is 0.480. The molecule has 2 aromatic carbocycles. The number of aryl methyl sites for hydroxylation is 1. The van der Waals surface area contributed by atoms with E-state index >= 15 is 0 Å². The van der Waals surface area contributed by atoms with Crippen molar-refractivity contribution in [3.8, 4) is 0 Å². The third-order valence-electron chi connectivity index (χ3n) is 5.86. The van der Waals surface area contributed by atoms with Crippen LogP contribution in [0.15, 0.2) is 54.6 Å². The molecule has 3 rings (SSSR count). The van der Waals surface area contributed by atoms with Crippen molar-refractivity contribution in [2.75, 3.05) is 19.6 Å². The standard InChI is InChI=1S/C25H34N2O/c1-21-12-14-24(15-13-21)20-27(25(28)19-23-10-4-3-5-11-23)18-8-17-26-16-7-6-9-22(26)2/h3-5,10-15,22H,6-9,16-20H2,1-2H3. The van der Waals surface area contributed by atoms with E-state index in [1.165, 1.54) is 36.9 Å². The van der Waals surface area contributed by atoms with Gasteiger partial charge in [0.15, 0.2) is 0 Å². The van der Waals surface area contributed by atoms with Crippen molar-refractivity contribution in [3.05, 3.63) is 71.3 Å². The molecule has 1 fully saturated rings. The Morgan fingerprint density at radius 3 is 2.50 bits per heavy atom. The van der Waals surface area contributed by atoms with E-state index in [4.69, 9.17) is 0 Å². The molecule has 1 aliphatic heterocycles. The van der Waals surface area contributed by atoms with E-state index in [-0.39, 0.29) is 5.91 Å². The van der Waals surface area contributed by atoms with Gasteiger partial charge in [-0.3, -0.25) is 4.79 Å². The molecule has 1 aliphatic rings. The maximum atomic E-state index is 13.0. The highest BCUT2D eigenvalue weighted by Crippen LogP contribution is 2.17. The van der Waals surface area contributed by atoms with E-state index in [0.717, 1.165) is 25.1 Å². The summed E-state index contributed by atoms with van der Waals surface area (Å²) in [7, 11) is 0. The molecule has 1 atom stereocenters. The van der Waals surface area contributed by atoms with Crippen molar-refractivity contribution in [1.29, 1.82) is 0 Å². The van der Waals surface area contributed by atoms with Crippen molar-refractivity contribution < 1.29 is 4.79 Å². The summed E-state index contributed by atoms with van der Waals surface area (Å²) in [6.07, 6.45) is 5.49. The zero-order valence-corrected chi connectivity index (χ0v) is 17.4. The lowest BCUT2D eigenvalue weighted by atomic mass is 10.0. The third-order valence-corrected chi connectivity index (χ3v) is 5.86. The van der Waals surface area contributed by atoms with Gasteiger partial charge in [-0.2, -0.15) is 0 Å². The fourth-order valence-electron chi connectivity index (χ4n) is 4.04. The van der Waals surface area contributed by atoms with Gasteiger partial charge in [-0.1, -0.05) is 66.6 Å². The summed E-state index contributed by atoms with van der Waals surface area (Å²) < 4.78 is 0. The molecule has 0 bridgehead atoms. The van der Waals surface area contributed by atoms with Gasteiger partial charge < -0.3 is 9.80 Å². The number of carbonyl (C=O) groups excluding carboxylic acids is 1. The number of benzene rings is 2. The van der Waals surface area contributed by atoms with Crippen LogP contribution < -0.4 is 0 Å². The summed E-state index contributed by atoms with van der Waals surface area (Å²) in [6.45, 7) is 8.25. The zero-order chi connectivity index (χ0) is 19.8. The Morgan fingerprint density at radius 1 is 1.04 bits per heavy atom. The predicted octanol–water partition coefficient (Wildman–Crippen LogP) is 4.83. The molecule has 3 nitrogen and oxygen atoms in total. The molecule has 2 aromatic rings. The summed E-state index contributed by atoms with van der Waals surface area (Å²) in [5.74, 6) is 0.221. The lowest BCUT2D eigenvalue weighted by Crippen LogP contribution is -2.40. The number of hydrogen-bond acceptors (Lipinski definition) is 2. The first-order valence-electron chi connectivity index (χ1n) is 10.7. The summed E-state index contributed by atoms with van der Waals surface area (Å²) in [6, 6.07) is 19.3. The van der Waals surface area contributed by atoms with Crippen molar-refractivity contribution in [3.63, 3.8) is 0 Å². The molecule has 0 aliphatic carbocycles. The Hall–Kier alpha value is -2.13. The molecule has 3 heteroatoms. The molecule has 1 saturated heterocycles. The van der Waals surface area contributed by atoms with Gasteiger partial charge in [0.25, 0.3) is 0 Å². The monoisotopic (exact) mass is 378 g/mol. The van der Waals surface area contributed by atoms with Crippen LogP contribution in [0.1, 0.15) is 49.3 Å². The summed E-state index contributed by atoms with van der Waals surface area (Å²) in [5, 5.41) is 0. The average Bonchev–Trinajstić information content (AvgIpc) is 2.71.